The normalized spacial score (nSPS) is 17.8. The molecule has 1 saturated heterocycles. The summed E-state index contributed by atoms with van der Waals surface area (Å²) in [5.74, 6) is -0.395. The highest BCUT2D eigenvalue weighted by molar-refractivity contribution is 5.89. The van der Waals surface area contributed by atoms with Crippen LogP contribution in [0, 0.1) is 0 Å². The highest BCUT2D eigenvalue weighted by atomic mass is 16.5. The van der Waals surface area contributed by atoms with E-state index in [1.54, 1.807) is 17.0 Å². The van der Waals surface area contributed by atoms with Crippen LogP contribution in [0.5, 0.6) is 11.5 Å². The summed E-state index contributed by atoms with van der Waals surface area (Å²) < 4.78 is 10.0. The summed E-state index contributed by atoms with van der Waals surface area (Å²) in [7, 11) is 1.45. The van der Waals surface area contributed by atoms with Gasteiger partial charge in [0.15, 0.2) is 18.1 Å². The number of methoxy groups -OCH3 is 1. The maximum Gasteiger partial charge on any atom is 0.331 e. The monoisotopic (exact) mass is 333 g/mol. The standard InChI is InChI=1S/C18H23NO5/c1-13-5-3-4-10-19(13)17(21)12-24-18(22)9-7-14-6-8-15(20)16(11-14)23-2/h6-9,11,13,20H,3-5,10,12H2,1-2H3/b9-7+/t13-/m1/s1. The van der Waals surface area contributed by atoms with Crippen molar-refractivity contribution >= 4 is 18.0 Å². The van der Waals surface area contributed by atoms with Crippen molar-refractivity contribution in [2.24, 2.45) is 0 Å². The van der Waals surface area contributed by atoms with E-state index >= 15 is 0 Å². The highest BCUT2D eigenvalue weighted by Gasteiger charge is 2.23. The van der Waals surface area contributed by atoms with Crippen molar-refractivity contribution in [2.45, 2.75) is 32.2 Å². The SMILES string of the molecule is COc1cc(/C=C/C(=O)OCC(=O)N2CCCC[C@H]2C)ccc1O. The van der Waals surface area contributed by atoms with Crippen LogP contribution in [0.3, 0.4) is 0 Å². The van der Waals surface area contributed by atoms with Crippen molar-refractivity contribution in [2.75, 3.05) is 20.3 Å². The van der Waals surface area contributed by atoms with Crippen LogP contribution in [0.15, 0.2) is 24.3 Å². The number of piperidine rings is 1. The van der Waals surface area contributed by atoms with Gasteiger partial charge in [0.05, 0.1) is 7.11 Å². The number of carbonyl (C=O) groups is 2. The second-order valence-corrected chi connectivity index (χ2v) is 5.80. The Balaban J connectivity index is 1.85. The first-order valence-electron chi connectivity index (χ1n) is 8.02. The Hall–Kier alpha value is -2.50. The van der Waals surface area contributed by atoms with Crippen molar-refractivity contribution in [1.29, 1.82) is 0 Å². The van der Waals surface area contributed by atoms with Crippen LogP contribution in [0.2, 0.25) is 0 Å². The van der Waals surface area contributed by atoms with Gasteiger partial charge in [-0.3, -0.25) is 4.79 Å². The third-order valence-electron chi connectivity index (χ3n) is 4.08. The quantitative estimate of drug-likeness (QED) is 0.661. The zero-order valence-corrected chi connectivity index (χ0v) is 14.0. The summed E-state index contributed by atoms with van der Waals surface area (Å²) in [5, 5.41) is 9.52. The number of amides is 1. The fourth-order valence-corrected chi connectivity index (χ4v) is 2.69. The summed E-state index contributed by atoms with van der Waals surface area (Å²) >= 11 is 0. The van der Waals surface area contributed by atoms with Crippen LogP contribution in [0.25, 0.3) is 6.08 Å². The molecule has 130 valence electrons. The van der Waals surface area contributed by atoms with Gasteiger partial charge >= 0.3 is 5.97 Å². The molecule has 2 rings (SSSR count). The fraction of sp³-hybridized carbons (Fsp3) is 0.444. The lowest BCUT2D eigenvalue weighted by Crippen LogP contribution is -2.44. The average molecular weight is 333 g/mol. The van der Waals surface area contributed by atoms with Crippen LogP contribution >= 0.6 is 0 Å². The van der Waals surface area contributed by atoms with Gasteiger partial charge in [0.2, 0.25) is 0 Å². The third kappa shape index (κ3) is 4.75. The lowest BCUT2D eigenvalue weighted by Gasteiger charge is -2.33. The lowest BCUT2D eigenvalue weighted by atomic mass is 10.0. The van der Waals surface area contributed by atoms with Gasteiger partial charge in [-0.15, -0.1) is 0 Å². The van der Waals surface area contributed by atoms with E-state index in [1.807, 2.05) is 6.92 Å². The van der Waals surface area contributed by atoms with Gasteiger partial charge < -0.3 is 19.5 Å². The van der Waals surface area contributed by atoms with E-state index in [9.17, 15) is 14.7 Å². The van der Waals surface area contributed by atoms with E-state index in [-0.39, 0.29) is 24.3 Å². The van der Waals surface area contributed by atoms with Crippen molar-refractivity contribution in [3.05, 3.63) is 29.8 Å². The molecule has 0 radical (unpaired) electrons. The second-order valence-electron chi connectivity index (χ2n) is 5.80. The number of nitrogens with zero attached hydrogens (tertiary/aromatic N) is 1. The average Bonchev–Trinajstić information content (AvgIpc) is 2.59. The molecule has 1 aliphatic rings. The molecule has 1 aromatic rings. The van der Waals surface area contributed by atoms with Gasteiger partial charge in [0.1, 0.15) is 0 Å². The summed E-state index contributed by atoms with van der Waals surface area (Å²) in [5.41, 5.74) is 0.678. The van der Waals surface area contributed by atoms with Gasteiger partial charge in [0.25, 0.3) is 5.91 Å². The van der Waals surface area contributed by atoms with E-state index < -0.39 is 5.97 Å². The molecule has 0 spiro atoms. The van der Waals surface area contributed by atoms with Gasteiger partial charge in [-0.05, 0) is 50.0 Å². The molecule has 0 aromatic heterocycles. The van der Waals surface area contributed by atoms with Crippen LogP contribution < -0.4 is 4.74 Å². The minimum absolute atomic E-state index is 0.0264. The first-order chi connectivity index (χ1) is 11.5. The Morgan fingerprint density at radius 2 is 2.17 bits per heavy atom. The molecule has 1 aliphatic heterocycles. The molecule has 0 unspecified atom stereocenters. The van der Waals surface area contributed by atoms with Crippen molar-refractivity contribution < 1.29 is 24.2 Å². The predicted molar refractivity (Wildman–Crippen MR) is 89.7 cm³/mol. The lowest BCUT2D eigenvalue weighted by molar-refractivity contribution is -0.149. The Labute approximate surface area is 141 Å². The predicted octanol–water partition coefficient (Wildman–Crippen LogP) is 2.36. The van der Waals surface area contributed by atoms with Crippen LogP contribution in [0.4, 0.5) is 0 Å². The molecule has 6 heteroatoms. The Morgan fingerprint density at radius 1 is 1.38 bits per heavy atom. The summed E-state index contributed by atoms with van der Waals surface area (Å²) in [6.45, 7) is 2.49. The number of likely N-dealkylation sites (tertiary alicyclic amines) is 1. The van der Waals surface area contributed by atoms with Gasteiger partial charge in [-0.1, -0.05) is 6.07 Å². The van der Waals surface area contributed by atoms with E-state index in [0.717, 1.165) is 25.8 Å². The molecular weight excluding hydrogens is 310 g/mol. The number of ether oxygens (including phenoxy) is 2. The minimum Gasteiger partial charge on any atom is -0.504 e. The Kier molecular flexibility index (Phi) is 6.23. The number of carbonyl (C=O) groups excluding carboxylic acids is 2. The largest absolute Gasteiger partial charge is 0.504 e. The number of esters is 1. The number of aromatic hydroxyl groups is 1. The minimum atomic E-state index is -0.583. The molecule has 1 atom stereocenters. The molecule has 1 N–H and O–H groups in total. The van der Waals surface area contributed by atoms with E-state index in [1.165, 1.54) is 25.3 Å². The third-order valence-corrected chi connectivity index (χ3v) is 4.08. The van der Waals surface area contributed by atoms with E-state index in [0.29, 0.717) is 11.3 Å². The number of hydrogen-bond acceptors (Lipinski definition) is 5. The summed E-state index contributed by atoms with van der Waals surface area (Å²) in [4.78, 5) is 25.6. The highest BCUT2D eigenvalue weighted by Crippen LogP contribution is 2.26. The number of phenolic OH excluding ortho intramolecular Hbond substituents is 1. The van der Waals surface area contributed by atoms with Gasteiger partial charge in [0, 0.05) is 18.7 Å². The summed E-state index contributed by atoms with van der Waals surface area (Å²) in [6, 6.07) is 4.91. The van der Waals surface area contributed by atoms with E-state index in [2.05, 4.69) is 0 Å². The van der Waals surface area contributed by atoms with Crippen molar-refractivity contribution in [1.82, 2.24) is 4.90 Å². The molecule has 1 aromatic carbocycles. The number of rotatable bonds is 5. The van der Waals surface area contributed by atoms with Crippen LogP contribution in [-0.4, -0.2) is 48.2 Å². The molecular formula is C18H23NO5. The number of phenols is 1. The molecule has 0 bridgehead atoms. The zero-order valence-electron chi connectivity index (χ0n) is 14.0. The Morgan fingerprint density at radius 3 is 2.88 bits per heavy atom. The maximum atomic E-state index is 12.1. The molecule has 0 aliphatic carbocycles. The van der Waals surface area contributed by atoms with E-state index in [4.69, 9.17) is 9.47 Å². The number of hydrogen-bond donors (Lipinski definition) is 1. The fourth-order valence-electron chi connectivity index (χ4n) is 2.69. The summed E-state index contributed by atoms with van der Waals surface area (Å²) in [6.07, 6.45) is 5.90. The Bertz CT molecular complexity index is 626. The van der Waals surface area contributed by atoms with Gasteiger partial charge in [-0.2, -0.15) is 0 Å². The zero-order chi connectivity index (χ0) is 17.5. The van der Waals surface area contributed by atoms with Crippen molar-refractivity contribution in [3.63, 3.8) is 0 Å². The second kappa shape index (κ2) is 8.38. The first-order valence-corrected chi connectivity index (χ1v) is 8.02. The molecule has 1 fully saturated rings. The van der Waals surface area contributed by atoms with Crippen LogP contribution in [0.1, 0.15) is 31.7 Å². The smallest absolute Gasteiger partial charge is 0.331 e. The molecule has 24 heavy (non-hydrogen) atoms. The van der Waals surface area contributed by atoms with Crippen molar-refractivity contribution in [3.8, 4) is 11.5 Å². The topological polar surface area (TPSA) is 76.1 Å². The molecule has 1 amide bonds. The first kappa shape index (κ1) is 17.8. The molecule has 6 nitrogen and oxygen atoms in total. The molecule has 0 saturated carbocycles. The maximum absolute atomic E-state index is 12.1. The van der Waals surface area contributed by atoms with Gasteiger partial charge in [-0.25, -0.2) is 4.79 Å². The molecule has 1 heterocycles. The number of benzene rings is 1. The van der Waals surface area contributed by atoms with Crippen LogP contribution in [-0.2, 0) is 14.3 Å².